The van der Waals surface area contributed by atoms with Crippen molar-refractivity contribution in [2.24, 2.45) is 5.90 Å². The van der Waals surface area contributed by atoms with E-state index in [4.69, 9.17) is 10.3 Å². The lowest BCUT2D eigenvalue weighted by molar-refractivity contribution is 0.0702. The van der Waals surface area contributed by atoms with Crippen LogP contribution >= 0.6 is 22.7 Å². The fraction of sp³-hybridized carbons (Fsp3) is 0.391. The smallest absolute Gasteiger partial charge is 0.347 e. The lowest BCUT2D eigenvalue weighted by Crippen LogP contribution is -2.48. The van der Waals surface area contributed by atoms with Crippen molar-refractivity contribution in [3.05, 3.63) is 51.7 Å². The molecular weight excluding hydrogens is 522 g/mol. The quantitative estimate of drug-likeness (QED) is 0.378. The molecular formula is C23H29N5O5S3. The van der Waals surface area contributed by atoms with Gasteiger partial charge in [-0.1, -0.05) is 29.5 Å². The highest BCUT2D eigenvalue weighted by Gasteiger charge is 2.32. The van der Waals surface area contributed by atoms with E-state index < -0.39 is 16.0 Å². The van der Waals surface area contributed by atoms with E-state index in [1.165, 1.54) is 28.2 Å². The Bertz CT molecular complexity index is 1280. The number of hydrogen-bond donors (Lipinski definition) is 3. The molecule has 2 fully saturated rings. The molecule has 0 amide bonds. The number of benzene rings is 1. The number of nitrogens with zero attached hydrogens (tertiary/aromatic N) is 4. The third-order valence-electron chi connectivity index (χ3n) is 6.32. The second-order valence-electron chi connectivity index (χ2n) is 8.44. The van der Waals surface area contributed by atoms with E-state index in [-0.39, 0.29) is 4.88 Å². The van der Waals surface area contributed by atoms with Crippen molar-refractivity contribution in [3.63, 3.8) is 0 Å². The van der Waals surface area contributed by atoms with Crippen LogP contribution in [0.1, 0.15) is 27.4 Å². The Labute approximate surface area is 218 Å². The summed E-state index contributed by atoms with van der Waals surface area (Å²) in [7, 11) is -3.69. The second-order valence-corrected chi connectivity index (χ2v) is 12.4. The van der Waals surface area contributed by atoms with Crippen molar-refractivity contribution < 1.29 is 23.5 Å². The molecule has 3 aromatic rings. The molecule has 2 aliphatic rings. The number of aromatic nitrogens is 1. The summed E-state index contributed by atoms with van der Waals surface area (Å²) in [6.45, 7) is 4.61. The summed E-state index contributed by atoms with van der Waals surface area (Å²) in [6, 6.07) is 9.31. The Morgan fingerprint density at radius 3 is 2.36 bits per heavy atom. The minimum atomic E-state index is -3.69. The van der Waals surface area contributed by atoms with Gasteiger partial charge in [-0.25, -0.2) is 24.1 Å². The van der Waals surface area contributed by atoms with Crippen LogP contribution in [-0.2, 0) is 16.6 Å². The molecule has 0 radical (unpaired) electrons. The summed E-state index contributed by atoms with van der Waals surface area (Å²) >= 11 is 2.80. The van der Waals surface area contributed by atoms with Crippen LogP contribution in [0.4, 0.5) is 5.13 Å². The maximum Gasteiger partial charge on any atom is 0.347 e. The highest BCUT2D eigenvalue weighted by Crippen LogP contribution is 2.36. The number of piperazine rings is 1. The first-order valence-corrected chi connectivity index (χ1v) is 14.7. The first kappa shape index (κ1) is 26.7. The summed E-state index contributed by atoms with van der Waals surface area (Å²) < 4.78 is 28.9. The molecule has 0 bridgehead atoms. The number of nitrogens with two attached hydrogens (primary N) is 1. The van der Waals surface area contributed by atoms with Crippen LogP contribution in [0.2, 0.25) is 0 Å². The summed E-state index contributed by atoms with van der Waals surface area (Å²) in [5.74, 6) is 2.50. The van der Waals surface area contributed by atoms with Crippen molar-refractivity contribution in [1.29, 1.82) is 0 Å². The molecule has 0 unspecified atom stereocenters. The lowest BCUT2D eigenvalue weighted by Gasteiger charge is -2.34. The number of carboxylic acid groups (broad SMARTS) is 1. The molecule has 1 aromatic carbocycles. The summed E-state index contributed by atoms with van der Waals surface area (Å²) in [5.41, 5.74) is 1.75. The van der Waals surface area contributed by atoms with Crippen molar-refractivity contribution in [1.82, 2.24) is 14.2 Å². The van der Waals surface area contributed by atoms with Crippen LogP contribution < -0.4 is 10.8 Å². The zero-order chi connectivity index (χ0) is 25.7. The first-order valence-electron chi connectivity index (χ1n) is 11.5. The van der Waals surface area contributed by atoms with Gasteiger partial charge in [0.05, 0.1) is 11.1 Å². The minimum absolute atomic E-state index is 0.180. The minimum Gasteiger partial charge on any atom is -0.477 e. The van der Waals surface area contributed by atoms with Crippen molar-refractivity contribution in [3.8, 4) is 11.1 Å². The zero-order valence-electron chi connectivity index (χ0n) is 19.6. The van der Waals surface area contributed by atoms with E-state index in [1.807, 2.05) is 28.5 Å². The third kappa shape index (κ3) is 5.62. The third-order valence-corrected chi connectivity index (χ3v) is 10.2. The molecule has 4 heterocycles. The van der Waals surface area contributed by atoms with Crippen LogP contribution in [0.25, 0.3) is 11.1 Å². The number of thiazole rings is 1. The second kappa shape index (κ2) is 11.8. The topological polar surface area (TPSA) is 140 Å². The molecule has 5 rings (SSSR count). The average Bonchev–Trinajstić information content (AvgIpc) is 3.68. The van der Waals surface area contributed by atoms with Gasteiger partial charge in [0.2, 0.25) is 10.0 Å². The van der Waals surface area contributed by atoms with Crippen LogP contribution in [0, 0.1) is 0 Å². The zero-order valence-corrected chi connectivity index (χ0v) is 22.1. The van der Waals surface area contributed by atoms with E-state index in [9.17, 15) is 13.2 Å². The molecule has 13 heteroatoms. The summed E-state index contributed by atoms with van der Waals surface area (Å²) in [5, 5.41) is 18.3. The predicted molar refractivity (Wildman–Crippen MR) is 140 cm³/mol. The number of thiophene rings is 1. The Balaban J connectivity index is 0.00000148. The standard InChI is InChI=1S/C23H26N4O4S3.H3NO/c28-22(29)19-15-24-23(33-19)26-10-12-27(13-11-26)34(30,31)21-6-2-1-5-18(21)17-7-14-32-20(17)16-25-8-3-4-9-25;1-2/h1-2,5-7,14-15H,3-4,8-13,16H2,(H,28,29);2H,1H2. The van der Waals surface area contributed by atoms with E-state index >= 15 is 0 Å². The van der Waals surface area contributed by atoms with Gasteiger partial charge in [0.1, 0.15) is 4.88 Å². The molecule has 2 aromatic heterocycles. The molecule has 0 atom stereocenters. The Hall–Kier alpha value is -2.39. The molecule has 2 saturated heterocycles. The molecule has 10 nitrogen and oxygen atoms in total. The van der Waals surface area contributed by atoms with E-state index in [1.54, 1.807) is 23.5 Å². The maximum absolute atomic E-state index is 13.7. The van der Waals surface area contributed by atoms with E-state index in [0.29, 0.717) is 36.2 Å². The van der Waals surface area contributed by atoms with Gasteiger partial charge in [-0.05, 0) is 49.0 Å². The van der Waals surface area contributed by atoms with Crippen LogP contribution in [0.3, 0.4) is 0 Å². The molecule has 2 aliphatic heterocycles. The van der Waals surface area contributed by atoms with Crippen LogP contribution in [0.5, 0.6) is 0 Å². The molecule has 4 N–H and O–H groups in total. The first-order chi connectivity index (χ1) is 17.4. The van der Waals surface area contributed by atoms with Crippen molar-refractivity contribution in [2.75, 3.05) is 44.2 Å². The Kier molecular flexibility index (Phi) is 8.72. The predicted octanol–water partition coefficient (Wildman–Crippen LogP) is 3.01. The van der Waals surface area contributed by atoms with Gasteiger partial charge in [0, 0.05) is 43.2 Å². The molecule has 0 spiro atoms. The summed E-state index contributed by atoms with van der Waals surface area (Å²) in [4.78, 5) is 21.4. The van der Waals surface area contributed by atoms with Gasteiger partial charge in [-0.15, -0.1) is 11.3 Å². The number of sulfonamides is 1. The number of aromatic carboxylic acids is 1. The fourth-order valence-corrected chi connectivity index (χ4v) is 7.90. The van der Waals surface area contributed by atoms with Crippen molar-refractivity contribution >= 4 is 43.8 Å². The molecule has 0 aliphatic carbocycles. The van der Waals surface area contributed by atoms with Gasteiger partial charge in [-0.3, -0.25) is 4.90 Å². The van der Waals surface area contributed by atoms with Gasteiger partial charge < -0.3 is 15.2 Å². The number of likely N-dealkylation sites (tertiary alicyclic amines) is 1. The van der Waals surface area contributed by atoms with Gasteiger partial charge >= 0.3 is 5.97 Å². The average molecular weight is 552 g/mol. The van der Waals surface area contributed by atoms with Gasteiger partial charge in [-0.2, -0.15) is 4.31 Å². The lowest BCUT2D eigenvalue weighted by atomic mass is 10.1. The fourth-order valence-electron chi connectivity index (χ4n) is 4.53. The normalized spacial score (nSPS) is 17.1. The number of hydrogen-bond acceptors (Lipinski definition) is 10. The maximum atomic E-state index is 13.7. The summed E-state index contributed by atoms with van der Waals surface area (Å²) in [6.07, 6.45) is 3.79. The highest BCUT2D eigenvalue weighted by molar-refractivity contribution is 7.89. The molecule has 194 valence electrons. The van der Waals surface area contributed by atoms with E-state index in [2.05, 4.69) is 15.8 Å². The SMILES string of the molecule is NO.O=C(O)c1cnc(N2CCN(S(=O)(=O)c3ccccc3-c3ccsc3CN3CCCC3)CC2)s1. The van der Waals surface area contributed by atoms with E-state index in [0.717, 1.165) is 42.1 Å². The largest absolute Gasteiger partial charge is 0.477 e. The number of anilines is 1. The number of rotatable bonds is 7. The van der Waals surface area contributed by atoms with Gasteiger partial charge in [0.25, 0.3) is 0 Å². The monoisotopic (exact) mass is 551 g/mol. The molecule has 0 saturated carbocycles. The van der Waals surface area contributed by atoms with Crippen LogP contribution in [-0.4, -0.2) is 78.2 Å². The van der Waals surface area contributed by atoms with Gasteiger partial charge in [0.15, 0.2) is 5.13 Å². The number of carbonyl (C=O) groups is 1. The number of carboxylic acids is 1. The highest BCUT2D eigenvalue weighted by atomic mass is 32.2. The van der Waals surface area contributed by atoms with Crippen molar-refractivity contribution in [2.45, 2.75) is 24.3 Å². The van der Waals surface area contributed by atoms with Crippen LogP contribution in [0.15, 0.2) is 46.8 Å². The Morgan fingerprint density at radius 2 is 1.69 bits per heavy atom. The Morgan fingerprint density at radius 1 is 1.00 bits per heavy atom. The molecule has 36 heavy (non-hydrogen) atoms.